The first-order valence-corrected chi connectivity index (χ1v) is 12.3. The predicted octanol–water partition coefficient (Wildman–Crippen LogP) is 3.29. The Morgan fingerprint density at radius 1 is 0.912 bits per heavy atom. The summed E-state index contributed by atoms with van der Waals surface area (Å²) in [5.41, 5.74) is 1.31. The van der Waals surface area contributed by atoms with Gasteiger partial charge in [-0.2, -0.15) is 0 Å². The Morgan fingerprint density at radius 2 is 1.56 bits per heavy atom. The van der Waals surface area contributed by atoms with Crippen LogP contribution in [0.3, 0.4) is 0 Å². The summed E-state index contributed by atoms with van der Waals surface area (Å²) < 4.78 is 13.9. The van der Waals surface area contributed by atoms with E-state index in [2.05, 4.69) is 50.8 Å². The fourth-order valence-corrected chi connectivity index (χ4v) is 4.19. The van der Waals surface area contributed by atoms with Crippen LogP contribution in [0.4, 0.5) is 4.39 Å². The average Bonchev–Trinajstić information content (AvgIpc) is 2.84. The van der Waals surface area contributed by atoms with Crippen LogP contribution in [0.2, 0.25) is 0 Å². The predicted molar refractivity (Wildman–Crippen MR) is 133 cm³/mol. The summed E-state index contributed by atoms with van der Waals surface area (Å²) in [6.07, 6.45) is 1.88. The van der Waals surface area contributed by atoms with Gasteiger partial charge >= 0.3 is 0 Å². The van der Waals surface area contributed by atoms with E-state index < -0.39 is 17.8 Å². The fourth-order valence-electron chi connectivity index (χ4n) is 4.19. The van der Waals surface area contributed by atoms with Gasteiger partial charge in [0, 0.05) is 39.3 Å². The monoisotopic (exact) mass is 468 g/mol. The number of hydrogen-bond donors (Lipinski definition) is 2. The largest absolute Gasteiger partial charge is 0.354 e. The minimum Gasteiger partial charge on any atom is -0.354 e. The van der Waals surface area contributed by atoms with Gasteiger partial charge in [-0.25, -0.2) is 4.39 Å². The van der Waals surface area contributed by atoms with Gasteiger partial charge < -0.3 is 15.5 Å². The average molecular weight is 469 g/mol. The van der Waals surface area contributed by atoms with Crippen molar-refractivity contribution in [2.75, 3.05) is 39.3 Å². The second kappa shape index (κ2) is 13.2. The van der Waals surface area contributed by atoms with E-state index in [0.717, 1.165) is 52.1 Å². The number of benzene rings is 2. The van der Waals surface area contributed by atoms with E-state index in [0.29, 0.717) is 6.54 Å². The van der Waals surface area contributed by atoms with Crippen molar-refractivity contribution in [3.63, 3.8) is 0 Å². The van der Waals surface area contributed by atoms with Gasteiger partial charge in [0.1, 0.15) is 11.9 Å². The molecule has 1 heterocycles. The zero-order valence-electron chi connectivity index (χ0n) is 20.3. The number of rotatable bonds is 11. The van der Waals surface area contributed by atoms with E-state index in [1.807, 2.05) is 13.8 Å². The lowest BCUT2D eigenvalue weighted by Crippen LogP contribution is -2.50. The molecular weight excluding hydrogens is 431 g/mol. The number of amides is 2. The molecule has 34 heavy (non-hydrogen) atoms. The van der Waals surface area contributed by atoms with Crippen LogP contribution in [0, 0.1) is 11.7 Å². The first-order chi connectivity index (χ1) is 16.4. The molecule has 1 saturated heterocycles. The third kappa shape index (κ3) is 7.92. The number of hydrogen-bond acceptors (Lipinski definition) is 4. The van der Waals surface area contributed by atoms with Crippen LogP contribution >= 0.6 is 0 Å². The maximum absolute atomic E-state index is 13.9. The first kappa shape index (κ1) is 25.8. The number of unbranched alkanes of at least 4 members (excludes halogenated alkanes) is 1. The Hall–Kier alpha value is -2.77. The smallest absolute Gasteiger partial charge is 0.254 e. The van der Waals surface area contributed by atoms with Crippen LogP contribution < -0.4 is 10.6 Å². The second-order valence-electron chi connectivity index (χ2n) is 9.28. The van der Waals surface area contributed by atoms with Gasteiger partial charge in [-0.15, -0.1) is 0 Å². The number of carbonyl (C=O) groups excluding carboxylic acids is 2. The standard InChI is InChI=1S/C27H37FN4O2/c1-21(2)25(30-26(33)23-12-6-7-13-24(23)28)27(34)29-14-8-9-15-31-16-18-32(19-17-31)20-22-10-4-3-5-11-22/h3-7,10-13,21,25H,8-9,14-20H2,1-2H3,(H,29,34)(H,30,33). The first-order valence-electron chi connectivity index (χ1n) is 12.3. The van der Waals surface area contributed by atoms with E-state index in [1.54, 1.807) is 6.07 Å². The molecule has 0 aliphatic carbocycles. The third-order valence-corrected chi connectivity index (χ3v) is 6.27. The third-order valence-electron chi connectivity index (χ3n) is 6.27. The van der Waals surface area contributed by atoms with Crippen LogP contribution in [0.5, 0.6) is 0 Å². The minimum absolute atomic E-state index is 0.0511. The number of halogens is 1. The van der Waals surface area contributed by atoms with Gasteiger partial charge in [0.2, 0.25) is 5.91 Å². The van der Waals surface area contributed by atoms with Crippen molar-refractivity contribution in [1.82, 2.24) is 20.4 Å². The number of piperazine rings is 1. The highest BCUT2D eigenvalue weighted by Crippen LogP contribution is 2.10. The zero-order chi connectivity index (χ0) is 24.3. The van der Waals surface area contributed by atoms with Crippen molar-refractivity contribution in [2.45, 2.75) is 39.3 Å². The summed E-state index contributed by atoms with van der Waals surface area (Å²) in [4.78, 5) is 30.0. The summed E-state index contributed by atoms with van der Waals surface area (Å²) >= 11 is 0. The van der Waals surface area contributed by atoms with E-state index in [4.69, 9.17) is 0 Å². The quantitative estimate of drug-likeness (QED) is 0.497. The second-order valence-corrected chi connectivity index (χ2v) is 9.28. The molecule has 2 N–H and O–H groups in total. The molecule has 1 aliphatic heterocycles. The lowest BCUT2D eigenvalue weighted by Gasteiger charge is -2.34. The molecule has 2 amide bonds. The molecule has 0 saturated carbocycles. The van der Waals surface area contributed by atoms with E-state index in [9.17, 15) is 14.0 Å². The topological polar surface area (TPSA) is 64.7 Å². The molecule has 1 atom stereocenters. The summed E-state index contributed by atoms with van der Waals surface area (Å²) in [6.45, 7) is 10.6. The Labute approximate surface area is 202 Å². The molecule has 1 aliphatic rings. The van der Waals surface area contributed by atoms with E-state index in [1.165, 1.54) is 23.8 Å². The Bertz CT molecular complexity index is 914. The molecule has 0 aromatic heterocycles. The molecule has 1 unspecified atom stereocenters. The molecule has 1 fully saturated rings. The molecular formula is C27H37FN4O2. The van der Waals surface area contributed by atoms with Gasteiger partial charge in [-0.05, 0) is 43.0 Å². The molecule has 2 aromatic carbocycles. The number of nitrogens with one attached hydrogen (secondary N) is 2. The minimum atomic E-state index is -0.704. The highest BCUT2D eigenvalue weighted by molar-refractivity contribution is 5.97. The Kier molecular flexibility index (Phi) is 10.0. The summed E-state index contributed by atoms with van der Waals surface area (Å²) in [7, 11) is 0. The normalized spacial score (nSPS) is 15.8. The van der Waals surface area contributed by atoms with Crippen molar-refractivity contribution < 1.29 is 14.0 Å². The SMILES string of the molecule is CC(C)C(NC(=O)c1ccccc1F)C(=O)NCCCCN1CCN(Cc2ccccc2)CC1. The lowest BCUT2D eigenvalue weighted by molar-refractivity contribution is -0.123. The van der Waals surface area contributed by atoms with Crippen LogP contribution in [-0.4, -0.2) is 66.9 Å². The molecule has 184 valence electrons. The van der Waals surface area contributed by atoms with Gasteiger partial charge in [0.05, 0.1) is 5.56 Å². The summed E-state index contributed by atoms with van der Waals surface area (Å²) in [6, 6.07) is 15.7. The molecule has 2 aromatic rings. The van der Waals surface area contributed by atoms with Crippen LogP contribution in [0.25, 0.3) is 0 Å². The van der Waals surface area contributed by atoms with Gasteiger partial charge in [0.15, 0.2) is 0 Å². The number of nitrogens with zero attached hydrogens (tertiary/aromatic N) is 2. The highest BCUT2D eigenvalue weighted by Gasteiger charge is 2.25. The Morgan fingerprint density at radius 3 is 2.24 bits per heavy atom. The Balaban J connectivity index is 1.32. The summed E-state index contributed by atoms with van der Waals surface area (Å²) in [5.74, 6) is -1.50. The molecule has 7 heteroatoms. The van der Waals surface area contributed by atoms with Crippen molar-refractivity contribution >= 4 is 11.8 Å². The molecule has 6 nitrogen and oxygen atoms in total. The molecule has 0 bridgehead atoms. The molecule has 0 radical (unpaired) electrons. The summed E-state index contributed by atoms with van der Waals surface area (Å²) in [5, 5.41) is 5.62. The van der Waals surface area contributed by atoms with Crippen molar-refractivity contribution in [2.24, 2.45) is 5.92 Å². The fraction of sp³-hybridized carbons (Fsp3) is 0.481. The maximum atomic E-state index is 13.9. The maximum Gasteiger partial charge on any atom is 0.254 e. The molecule has 3 rings (SSSR count). The lowest BCUT2D eigenvalue weighted by atomic mass is 10.0. The zero-order valence-corrected chi connectivity index (χ0v) is 20.3. The van der Waals surface area contributed by atoms with Crippen molar-refractivity contribution in [1.29, 1.82) is 0 Å². The number of carbonyl (C=O) groups is 2. The van der Waals surface area contributed by atoms with Crippen molar-refractivity contribution in [3.05, 3.63) is 71.5 Å². The van der Waals surface area contributed by atoms with Crippen LogP contribution in [0.1, 0.15) is 42.6 Å². The van der Waals surface area contributed by atoms with Crippen LogP contribution in [-0.2, 0) is 11.3 Å². The van der Waals surface area contributed by atoms with Crippen molar-refractivity contribution in [3.8, 4) is 0 Å². The highest BCUT2D eigenvalue weighted by atomic mass is 19.1. The van der Waals surface area contributed by atoms with E-state index in [-0.39, 0.29) is 17.4 Å². The molecule has 0 spiro atoms. The van der Waals surface area contributed by atoms with Gasteiger partial charge in [-0.1, -0.05) is 56.3 Å². The van der Waals surface area contributed by atoms with Crippen LogP contribution in [0.15, 0.2) is 54.6 Å². The van der Waals surface area contributed by atoms with Gasteiger partial charge in [-0.3, -0.25) is 14.5 Å². The van der Waals surface area contributed by atoms with Gasteiger partial charge in [0.25, 0.3) is 5.91 Å². The van der Waals surface area contributed by atoms with E-state index >= 15 is 0 Å².